The minimum Gasteiger partial charge on any atom is -0.484 e. The fraction of sp³-hybridized carbons (Fsp3) is 0.321. The van der Waals surface area contributed by atoms with Gasteiger partial charge in [-0.05, 0) is 48.0 Å². The van der Waals surface area contributed by atoms with Crippen LogP contribution in [0, 0.1) is 5.82 Å². The van der Waals surface area contributed by atoms with E-state index in [0.29, 0.717) is 23.5 Å². The van der Waals surface area contributed by atoms with Crippen LogP contribution in [0.25, 0.3) is 17.2 Å². The van der Waals surface area contributed by atoms with Gasteiger partial charge in [0.05, 0.1) is 30.6 Å². The van der Waals surface area contributed by atoms with Crippen molar-refractivity contribution in [2.45, 2.75) is 37.2 Å². The molecule has 0 bridgehead atoms. The predicted octanol–water partition coefficient (Wildman–Crippen LogP) is 5.28. The Morgan fingerprint density at radius 1 is 1.18 bits per heavy atom. The van der Waals surface area contributed by atoms with Gasteiger partial charge in [-0.25, -0.2) is 21.9 Å². The van der Waals surface area contributed by atoms with Crippen molar-refractivity contribution in [1.29, 1.82) is 0 Å². The van der Waals surface area contributed by atoms with E-state index in [-0.39, 0.29) is 40.7 Å². The van der Waals surface area contributed by atoms with Crippen LogP contribution in [0.5, 0.6) is 5.75 Å². The van der Waals surface area contributed by atoms with Crippen LogP contribution in [-0.4, -0.2) is 54.6 Å². The molecule has 3 aromatic rings. The SMILES string of the molecule is COC(=O)c1c(N(COCC[Si](C)(C)C)S(=O)(=O)c2ccc(F)cc2/C=C\CO)ccc2c1OCc1occc1-2. The normalized spacial score (nSPS) is 13.1. The van der Waals surface area contributed by atoms with Crippen LogP contribution in [0.1, 0.15) is 21.7 Å². The number of aliphatic hydroxyl groups excluding tert-OH is 1. The second-order valence-corrected chi connectivity index (χ2v) is 17.8. The lowest BCUT2D eigenvalue weighted by Crippen LogP contribution is -2.36. The molecule has 2 aromatic carbocycles. The molecule has 1 aromatic heterocycles. The largest absolute Gasteiger partial charge is 0.484 e. The Balaban J connectivity index is 1.89. The number of fused-ring (bicyclic) bond motifs is 3. The van der Waals surface area contributed by atoms with Gasteiger partial charge in [0.25, 0.3) is 10.0 Å². The number of hydrogen-bond acceptors (Lipinski definition) is 8. The van der Waals surface area contributed by atoms with Crippen molar-refractivity contribution < 1.29 is 41.3 Å². The molecule has 214 valence electrons. The zero-order chi connectivity index (χ0) is 29.1. The molecule has 1 aliphatic heterocycles. The van der Waals surface area contributed by atoms with E-state index in [1.165, 1.54) is 31.6 Å². The van der Waals surface area contributed by atoms with Gasteiger partial charge >= 0.3 is 5.97 Å². The fourth-order valence-electron chi connectivity index (χ4n) is 4.25. The molecule has 0 aliphatic carbocycles. The van der Waals surface area contributed by atoms with Crippen LogP contribution in [-0.2, 0) is 26.1 Å². The topological polar surface area (TPSA) is 116 Å². The van der Waals surface area contributed by atoms with Crippen molar-refractivity contribution >= 4 is 35.8 Å². The maximum absolute atomic E-state index is 14.2. The molecule has 9 nitrogen and oxygen atoms in total. The number of nitrogens with zero attached hydrogens (tertiary/aromatic N) is 1. The molecule has 0 atom stereocenters. The summed E-state index contributed by atoms with van der Waals surface area (Å²) >= 11 is 0. The number of furan rings is 1. The summed E-state index contributed by atoms with van der Waals surface area (Å²) in [5, 5.41) is 9.25. The number of rotatable bonds is 11. The molecule has 0 unspecified atom stereocenters. The highest BCUT2D eigenvalue weighted by molar-refractivity contribution is 7.93. The second-order valence-electron chi connectivity index (χ2n) is 10.3. The van der Waals surface area contributed by atoms with Gasteiger partial charge in [0, 0.05) is 25.8 Å². The molecule has 0 radical (unpaired) electrons. The summed E-state index contributed by atoms with van der Waals surface area (Å²) in [5.74, 6) is -0.731. The van der Waals surface area contributed by atoms with E-state index in [2.05, 4.69) is 19.6 Å². The van der Waals surface area contributed by atoms with Crippen LogP contribution < -0.4 is 9.04 Å². The molecule has 12 heteroatoms. The maximum atomic E-state index is 14.2. The summed E-state index contributed by atoms with van der Waals surface area (Å²) in [6.45, 7) is 6.06. The molecule has 0 saturated heterocycles. The number of benzene rings is 2. The number of ether oxygens (including phenoxy) is 3. The summed E-state index contributed by atoms with van der Waals surface area (Å²) in [6.07, 6.45) is 4.13. The standard InChI is InChI=1S/C28H32FNO8SSi/c1-35-28(32)26-23(9-8-22-21-11-13-37-24(21)17-38-27(22)26)30(18-36-14-15-40(2,3)4)39(33,34)25-10-7-20(29)16-19(25)6-5-12-31/h5-11,13,16,31H,12,14-15,17-18H2,1-4H3/b6-5-. The first-order valence-corrected chi connectivity index (χ1v) is 17.7. The van der Waals surface area contributed by atoms with Gasteiger partial charge in [-0.2, -0.15) is 0 Å². The van der Waals surface area contributed by atoms with E-state index in [9.17, 15) is 22.7 Å². The minimum absolute atomic E-state index is 0.0213. The summed E-state index contributed by atoms with van der Waals surface area (Å²) in [7, 11) is -4.76. The van der Waals surface area contributed by atoms with Crippen molar-refractivity contribution in [3.63, 3.8) is 0 Å². The summed E-state index contributed by atoms with van der Waals surface area (Å²) in [5.41, 5.74) is 1.17. The van der Waals surface area contributed by atoms with Crippen LogP contribution in [0.4, 0.5) is 10.1 Å². The number of sulfonamides is 1. The maximum Gasteiger partial charge on any atom is 0.343 e. The highest BCUT2D eigenvalue weighted by atomic mass is 32.2. The van der Waals surface area contributed by atoms with Gasteiger partial charge in [0.2, 0.25) is 0 Å². The van der Waals surface area contributed by atoms with Gasteiger partial charge in [0.15, 0.2) is 0 Å². The van der Waals surface area contributed by atoms with Crippen molar-refractivity contribution in [2.75, 3.05) is 31.4 Å². The highest BCUT2D eigenvalue weighted by Gasteiger charge is 2.35. The zero-order valence-corrected chi connectivity index (χ0v) is 24.6. The van der Waals surface area contributed by atoms with E-state index >= 15 is 0 Å². The smallest absolute Gasteiger partial charge is 0.343 e. The Labute approximate surface area is 233 Å². The predicted molar refractivity (Wildman–Crippen MR) is 151 cm³/mol. The molecule has 1 N–H and O–H groups in total. The molecular weight excluding hydrogens is 557 g/mol. The monoisotopic (exact) mass is 589 g/mol. The van der Waals surface area contributed by atoms with E-state index in [4.69, 9.17) is 18.6 Å². The number of aliphatic hydroxyl groups is 1. The second kappa shape index (κ2) is 12.0. The quantitative estimate of drug-likeness (QED) is 0.139. The number of halogens is 1. The lowest BCUT2D eigenvalue weighted by atomic mass is 9.98. The fourth-order valence-corrected chi connectivity index (χ4v) is 6.53. The van der Waals surface area contributed by atoms with E-state index in [1.54, 1.807) is 12.1 Å². The number of carbonyl (C=O) groups is 1. The number of methoxy groups -OCH3 is 1. The average molecular weight is 590 g/mol. The molecule has 0 saturated carbocycles. The number of carbonyl (C=O) groups excluding carboxylic acids is 1. The highest BCUT2D eigenvalue weighted by Crippen LogP contribution is 2.45. The molecule has 1 aliphatic rings. The van der Waals surface area contributed by atoms with Crippen molar-refractivity contribution in [3.05, 3.63) is 71.4 Å². The van der Waals surface area contributed by atoms with Crippen molar-refractivity contribution in [3.8, 4) is 16.9 Å². The van der Waals surface area contributed by atoms with E-state index in [1.807, 2.05) is 0 Å². The molecule has 4 rings (SSSR count). The zero-order valence-electron chi connectivity index (χ0n) is 22.8. The molecule has 0 amide bonds. The van der Waals surface area contributed by atoms with Gasteiger partial charge in [0.1, 0.15) is 36.2 Å². The molecule has 0 fully saturated rings. The van der Waals surface area contributed by atoms with Crippen LogP contribution in [0.3, 0.4) is 0 Å². The summed E-state index contributed by atoms with van der Waals surface area (Å²) in [4.78, 5) is 12.9. The Morgan fingerprint density at radius 2 is 1.95 bits per heavy atom. The number of hydrogen-bond donors (Lipinski definition) is 1. The van der Waals surface area contributed by atoms with E-state index < -0.39 is 36.6 Å². The first kappa shape index (κ1) is 29.5. The lowest BCUT2D eigenvalue weighted by molar-refractivity contribution is 0.0595. The van der Waals surface area contributed by atoms with Gasteiger partial charge in [-0.1, -0.05) is 31.8 Å². The molecule has 2 heterocycles. The van der Waals surface area contributed by atoms with Crippen LogP contribution >= 0.6 is 0 Å². The Bertz CT molecular complexity index is 1530. The van der Waals surface area contributed by atoms with Gasteiger partial charge in [-0.15, -0.1) is 0 Å². The Morgan fingerprint density at radius 3 is 2.65 bits per heavy atom. The minimum atomic E-state index is -4.45. The van der Waals surface area contributed by atoms with Crippen molar-refractivity contribution in [1.82, 2.24) is 0 Å². The average Bonchev–Trinajstić information content (AvgIpc) is 3.39. The van der Waals surface area contributed by atoms with Crippen LogP contribution in [0.15, 0.2) is 58.1 Å². The van der Waals surface area contributed by atoms with E-state index in [0.717, 1.165) is 28.5 Å². The molecular formula is C28H32FNO8SSi. The summed E-state index contributed by atoms with van der Waals surface area (Å²) < 4.78 is 65.9. The van der Waals surface area contributed by atoms with Gasteiger partial charge in [-0.3, -0.25) is 0 Å². The number of esters is 1. The molecule has 0 spiro atoms. The Hall–Kier alpha value is -3.45. The first-order chi connectivity index (χ1) is 19.0. The first-order valence-electron chi connectivity index (χ1n) is 12.6. The van der Waals surface area contributed by atoms with Gasteiger partial charge < -0.3 is 23.7 Å². The third kappa shape index (κ3) is 6.14. The number of anilines is 1. The van der Waals surface area contributed by atoms with Crippen molar-refractivity contribution in [2.24, 2.45) is 0 Å². The lowest BCUT2D eigenvalue weighted by Gasteiger charge is -2.29. The van der Waals surface area contributed by atoms with Crippen LogP contribution in [0.2, 0.25) is 25.7 Å². The third-order valence-electron chi connectivity index (χ3n) is 6.32. The third-order valence-corrected chi connectivity index (χ3v) is 9.84. The Kier molecular flexibility index (Phi) is 8.83. The summed E-state index contributed by atoms with van der Waals surface area (Å²) in [6, 6.07) is 8.88. The molecule has 40 heavy (non-hydrogen) atoms.